The van der Waals surface area contributed by atoms with Crippen molar-refractivity contribution in [1.29, 1.82) is 0 Å². The van der Waals surface area contributed by atoms with E-state index in [1.807, 2.05) is 55.6 Å². The molecule has 13 N–H and O–H groups in total. The quantitative estimate of drug-likeness (QED) is 0.0252. The molecule has 4 aromatic rings. The van der Waals surface area contributed by atoms with Gasteiger partial charge in [0.25, 0.3) is 0 Å². The first-order valence-electron chi connectivity index (χ1n) is 23.6. The number of fused-ring (bicyclic) bond motifs is 1. The number of nitro benzene ring substituents is 1. The number of nitrogen functional groups attached to an aromatic ring is 1. The highest BCUT2D eigenvalue weighted by Crippen LogP contribution is 2.27. The summed E-state index contributed by atoms with van der Waals surface area (Å²) in [7, 11) is 0. The molecule has 2 heterocycles. The molecule has 0 aliphatic carbocycles. The average Bonchev–Trinajstić information content (AvgIpc) is 4.01. The van der Waals surface area contributed by atoms with Gasteiger partial charge in [0, 0.05) is 54.8 Å². The van der Waals surface area contributed by atoms with Crippen LogP contribution in [0.1, 0.15) is 76.5 Å². The first kappa shape index (κ1) is 54.9. The van der Waals surface area contributed by atoms with Crippen molar-refractivity contribution in [2.24, 2.45) is 11.7 Å². The van der Waals surface area contributed by atoms with Crippen LogP contribution in [0.2, 0.25) is 0 Å². The van der Waals surface area contributed by atoms with Gasteiger partial charge in [-0.25, -0.2) is 0 Å². The summed E-state index contributed by atoms with van der Waals surface area (Å²) in [5.74, 6) is -7.71. The van der Waals surface area contributed by atoms with Gasteiger partial charge >= 0.3 is 11.7 Å². The summed E-state index contributed by atoms with van der Waals surface area (Å²) in [6.45, 7) is 6.79. The number of carbonyl (C=O) groups excluding carboxylic acids is 7. The normalized spacial score (nSPS) is 16.2. The number of carboxylic acids is 1. The van der Waals surface area contributed by atoms with Crippen LogP contribution in [0.25, 0.3) is 10.9 Å². The monoisotopic (exact) mass is 997 g/mol. The molecule has 8 atom stereocenters. The SMILES string of the molecule is CC[C@H](C)[C@H](NC(=O)[C@H](Cc1c[nH]c2ccccc12)NCc1ccccc1N)C(=O)N[C@@H](C)C(=O)N[C@@H](C)C(=O)N1CCC[C@H]1C(=O)N[C@@H](Cc1ccc(O)c([N+](=O)[O-])c1)C(=O)N[C@@H](CCC(=O)O)C(N)=O. The van der Waals surface area contributed by atoms with Gasteiger partial charge in [-0.3, -0.25) is 48.5 Å². The van der Waals surface area contributed by atoms with Crippen molar-refractivity contribution >= 4 is 69.6 Å². The lowest BCUT2D eigenvalue weighted by Crippen LogP contribution is -2.59. The molecule has 3 aromatic carbocycles. The lowest BCUT2D eigenvalue weighted by atomic mass is 9.96. The van der Waals surface area contributed by atoms with Gasteiger partial charge in [0.05, 0.1) is 11.0 Å². The fourth-order valence-corrected chi connectivity index (χ4v) is 8.36. The first-order chi connectivity index (χ1) is 34.2. The molecular weight excluding hydrogens is 935 g/mol. The highest BCUT2D eigenvalue weighted by Gasteiger charge is 2.39. The molecule has 0 saturated carbocycles. The Labute approximate surface area is 414 Å². The number of benzene rings is 3. The maximum Gasteiger partial charge on any atom is 0.310 e. The van der Waals surface area contributed by atoms with E-state index in [1.165, 1.54) is 24.8 Å². The van der Waals surface area contributed by atoms with E-state index in [0.717, 1.165) is 34.2 Å². The van der Waals surface area contributed by atoms with Gasteiger partial charge in [-0.2, -0.15) is 0 Å². The van der Waals surface area contributed by atoms with E-state index in [1.54, 1.807) is 13.0 Å². The molecule has 1 aliphatic heterocycles. The lowest BCUT2D eigenvalue weighted by Gasteiger charge is -2.30. The smallest absolute Gasteiger partial charge is 0.310 e. The summed E-state index contributed by atoms with van der Waals surface area (Å²) in [4.78, 5) is 122. The number of rotatable bonds is 25. The molecular formula is C49H63N11O12. The Morgan fingerprint density at radius 1 is 0.819 bits per heavy atom. The number of carbonyl (C=O) groups is 8. The second-order valence-corrected chi connectivity index (χ2v) is 18.0. The summed E-state index contributed by atoms with van der Waals surface area (Å²) in [5, 5.41) is 47.9. The summed E-state index contributed by atoms with van der Waals surface area (Å²) < 4.78 is 0. The van der Waals surface area contributed by atoms with Gasteiger partial charge < -0.3 is 63.5 Å². The number of aromatic hydroxyl groups is 1. The zero-order valence-corrected chi connectivity index (χ0v) is 40.4. The van der Waals surface area contributed by atoms with Crippen LogP contribution in [-0.4, -0.2) is 121 Å². The third-order valence-corrected chi connectivity index (χ3v) is 12.7. The molecule has 1 saturated heterocycles. The van der Waals surface area contributed by atoms with Gasteiger partial charge in [-0.05, 0) is 80.3 Å². The Bertz CT molecular complexity index is 2660. The van der Waals surface area contributed by atoms with Gasteiger partial charge in [0.2, 0.25) is 41.4 Å². The lowest BCUT2D eigenvalue weighted by molar-refractivity contribution is -0.385. The number of phenols is 1. The van der Waals surface area contributed by atoms with Crippen LogP contribution in [-0.2, 0) is 57.7 Å². The molecule has 1 fully saturated rings. The van der Waals surface area contributed by atoms with E-state index in [2.05, 4.69) is 36.9 Å². The van der Waals surface area contributed by atoms with Crippen molar-refractivity contribution in [1.82, 2.24) is 41.8 Å². The largest absolute Gasteiger partial charge is 0.502 e. The van der Waals surface area contributed by atoms with Crippen LogP contribution in [0.15, 0.2) is 72.9 Å². The maximum atomic E-state index is 14.2. The first-order valence-corrected chi connectivity index (χ1v) is 23.6. The minimum Gasteiger partial charge on any atom is -0.502 e. The second-order valence-electron chi connectivity index (χ2n) is 18.0. The number of hydrogen-bond acceptors (Lipinski definition) is 13. The summed E-state index contributed by atoms with van der Waals surface area (Å²) in [6, 6.07) is 9.71. The number of nitro groups is 1. The molecule has 386 valence electrons. The maximum absolute atomic E-state index is 14.2. The van der Waals surface area contributed by atoms with Crippen LogP contribution in [0.4, 0.5) is 11.4 Å². The summed E-state index contributed by atoms with van der Waals surface area (Å²) >= 11 is 0. The van der Waals surface area contributed by atoms with Crippen molar-refractivity contribution in [3.63, 3.8) is 0 Å². The minimum absolute atomic E-state index is 0.0779. The average molecular weight is 998 g/mol. The number of H-pyrrole nitrogens is 1. The molecule has 1 aliphatic rings. The Kier molecular flexibility index (Phi) is 19.2. The highest BCUT2D eigenvalue weighted by atomic mass is 16.6. The fourth-order valence-electron chi connectivity index (χ4n) is 8.36. The minimum atomic E-state index is -1.55. The number of aliphatic carboxylic acids is 1. The van der Waals surface area contributed by atoms with Crippen molar-refractivity contribution in [2.75, 3.05) is 12.3 Å². The van der Waals surface area contributed by atoms with Crippen molar-refractivity contribution in [2.45, 2.75) is 121 Å². The van der Waals surface area contributed by atoms with Crippen LogP contribution < -0.4 is 43.4 Å². The molecule has 72 heavy (non-hydrogen) atoms. The van der Waals surface area contributed by atoms with Gasteiger partial charge in [0.15, 0.2) is 5.75 Å². The molecule has 0 bridgehead atoms. The van der Waals surface area contributed by atoms with Crippen molar-refractivity contribution in [3.8, 4) is 5.75 Å². The second kappa shape index (κ2) is 25.2. The number of hydrogen-bond donors (Lipinski definition) is 11. The molecule has 7 amide bonds. The number of likely N-dealkylation sites (tertiary alicyclic amines) is 1. The zero-order chi connectivity index (χ0) is 52.8. The molecule has 5 rings (SSSR count). The number of amides is 7. The van der Waals surface area contributed by atoms with Gasteiger partial charge in [-0.1, -0.05) is 62.7 Å². The Morgan fingerprint density at radius 3 is 2.18 bits per heavy atom. The van der Waals surface area contributed by atoms with Crippen LogP contribution in [0, 0.1) is 16.0 Å². The Hall–Kier alpha value is -8.08. The van der Waals surface area contributed by atoms with E-state index in [0.29, 0.717) is 18.5 Å². The molecule has 0 spiro atoms. The molecule has 1 aromatic heterocycles. The van der Waals surface area contributed by atoms with Crippen LogP contribution in [0.3, 0.4) is 0 Å². The van der Waals surface area contributed by atoms with E-state index in [-0.39, 0.29) is 43.8 Å². The summed E-state index contributed by atoms with van der Waals surface area (Å²) in [5.41, 5.74) is 14.1. The van der Waals surface area contributed by atoms with Crippen molar-refractivity contribution < 1.29 is 53.5 Å². The third-order valence-electron chi connectivity index (χ3n) is 12.7. The van der Waals surface area contributed by atoms with E-state index in [4.69, 9.17) is 16.6 Å². The molecule has 23 heteroatoms. The van der Waals surface area contributed by atoms with Crippen molar-refractivity contribution in [3.05, 3.63) is 99.7 Å². The number of aromatic nitrogens is 1. The van der Waals surface area contributed by atoms with Crippen LogP contribution in [0.5, 0.6) is 5.75 Å². The van der Waals surface area contributed by atoms with E-state index >= 15 is 0 Å². The highest BCUT2D eigenvalue weighted by molar-refractivity contribution is 5.97. The molecule has 23 nitrogen and oxygen atoms in total. The van der Waals surface area contributed by atoms with Gasteiger partial charge in [-0.15, -0.1) is 0 Å². The third kappa shape index (κ3) is 14.5. The number of primary amides is 1. The number of aromatic amines is 1. The summed E-state index contributed by atoms with van der Waals surface area (Å²) in [6.07, 6.45) is 1.73. The predicted octanol–water partition coefficient (Wildman–Crippen LogP) is 1.16. The Balaban J connectivity index is 1.25. The van der Waals surface area contributed by atoms with E-state index < -0.39 is 119 Å². The standard InChI is InChI=1S/C49H63N11O12/c1-5-26(2)42(58-45(66)36(53-24-30-11-6-8-13-33(30)50)23-31-25-52-34-14-9-7-12-32(31)34)48(69)54-27(3)44(65)55-28(4)49(70)59-20-10-15-38(59)47(68)57-37(21-29-16-18-40(61)39(22-29)60(71)72)46(67)56-35(43(51)64)17-19-41(62)63/h6-9,11-14,16,18,22,25-28,35-38,42,52-53,61H,5,10,15,17,19-21,23-24,50H2,1-4H3,(H2,51,64)(H,54,69)(H,55,65)(H,56,67)(H,57,68)(H,58,66)(H,62,63)/t26-,27-,28-,35-,36-,37-,38-,42-/m0/s1. The fraction of sp³-hybridized carbons (Fsp3) is 0.429. The van der Waals surface area contributed by atoms with E-state index in [9.17, 15) is 53.6 Å². The Morgan fingerprint density at radius 2 is 1.50 bits per heavy atom. The topological polar surface area (TPSA) is 363 Å². The number of phenolic OH excluding ortho intramolecular Hbond substituents is 1. The zero-order valence-electron chi connectivity index (χ0n) is 40.4. The number of nitrogens with one attached hydrogen (secondary N) is 7. The molecule has 0 radical (unpaired) electrons. The number of anilines is 1. The predicted molar refractivity (Wildman–Crippen MR) is 263 cm³/mol. The number of nitrogens with zero attached hydrogens (tertiary/aromatic N) is 2. The van der Waals surface area contributed by atoms with Gasteiger partial charge in [0.1, 0.15) is 36.3 Å². The molecule has 0 unspecified atom stereocenters. The van der Waals surface area contributed by atoms with Crippen LogP contribution >= 0.6 is 0 Å². The number of para-hydroxylation sites is 2. The number of carboxylic acid groups (broad SMARTS) is 1. The number of nitrogens with two attached hydrogens (primary N) is 2.